The monoisotopic (exact) mass is 425 g/mol. The fourth-order valence-electron chi connectivity index (χ4n) is 2.82. The first kappa shape index (κ1) is 20.6. The van der Waals surface area contributed by atoms with E-state index in [0.717, 1.165) is 29.3 Å². The Labute approximate surface area is 167 Å². The summed E-state index contributed by atoms with van der Waals surface area (Å²) in [5.41, 5.74) is 1.93. The van der Waals surface area contributed by atoms with E-state index < -0.39 is 33.3 Å². The second-order valence-corrected chi connectivity index (χ2v) is 7.69. The number of carbonyl (C=O) groups is 2. The van der Waals surface area contributed by atoms with Crippen LogP contribution in [0.15, 0.2) is 48.5 Å². The molecule has 0 aromatic heterocycles. The lowest BCUT2D eigenvalue weighted by Gasteiger charge is -2.34. The molecule has 0 spiro atoms. The number of hydrazine groups is 1. The van der Waals surface area contributed by atoms with E-state index in [-0.39, 0.29) is 17.0 Å². The number of nitro groups is 1. The number of carbonyl (C=O) groups excluding carboxylic acids is 2. The second-order valence-electron chi connectivity index (χ2n) is 6.32. The van der Waals surface area contributed by atoms with Crippen molar-refractivity contribution in [1.82, 2.24) is 10.4 Å². The Kier molecular flexibility index (Phi) is 5.26. The number of thioether (sulfide) groups is 1. The van der Waals surface area contributed by atoms with Crippen LogP contribution in [0.5, 0.6) is 0 Å². The van der Waals surface area contributed by atoms with Crippen LogP contribution >= 0.6 is 11.8 Å². The number of non-ortho nitro benzene ring substituents is 1. The van der Waals surface area contributed by atoms with E-state index in [1.807, 2.05) is 0 Å². The highest BCUT2D eigenvalue weighted by Gasteiger charge is 2.45. The first-order chi connectivity index (χ1) is 13.5. The molecule has 2 amide bonds. The van der Waals surface area contributed by atoms with Gasteiger partial charge in [0, 0.05) is 17.7 Å². The molecule has 152 valence electrons. The van der Waals surface area contributed by atoms with Gasteiger partial charge in [0.05, 0.1) is 16.2 Å². The van der Waals surface area contributed by atoms with Crippen LogP contribution in [0.2, 0.25) is 0 Å². The molecule has 2 aromatic carbocycles. The van der Waals surface area contributed by atoms with Crippen molar-refractivity contribution in [2.24, 2.45) is 0 Å². The first-order valence-electron chi connectivity index (χ1n) is 8.22. The number of hydrogen-bond acceptors (Lipinski definition) is 5. The second kappa shape index (κ2) is 7.39. The summed E-state index contributed by atoms with van der Waals surface area (Å²) in [7, 11) is 0. The molecule has 11 heteroatoms. The molecule has 1 heterocycles. The van der Waals surface area contributed by atoms with E-state index in [1.54, 1.807) is 6.92 Å². The fourth-order valence-corrected chi connectivity index (χ4v) is 3.93. The van der Waals surface area contributed by atoms with Crippen molar-refractivity contribution >= 4 is 29.3 Å². The van der Waals surface area contributed by atoms with Gasteiger partial charge in [-0.25, -0.2) is 5.01 Å². The Hall–Kier alpha value is -3.08. The molecule has 1 unspecified atom stereocenters. The molecule has 1 saturated heterocycles. The molecule has 0 saturated carbocycles. The van der Waals surface area contributed by atoms with Gasteiger partial charge in [-0.05, 0) is 48.9 Å². The standard InChI is InChI=1S/C18H14F3N3O4S/c1-17(12-6-8-14(9-7-12)24(27)28)23(15(25)10-29-17)22-16(26)11-2-4-13(5-3-11)18(19,20)21/h2-9H,10H2,1H3,(H,22,26). The first-order valence-corrected chi connectivity index (χ1v) is 9.21. The lowest BCUT2D eigenvalue weighted by atomic mass is 10.1. The normalized spacial score (nSPS) is 19.3. The highest BCUT2D eigenvalue weighted by atomic mass is 32.2. The number of amides is 2. The molecule has 2 aromatic rings. The molecule has 29 heavy (non-hydrogen) atoms. The van der Waals surface area contributed by atoms with Gasteiger partial charge in [0.2, 0.25) is 0 Å². The molecule has 1 fully saturated rings. The van der Waals surface area contributed by atoms with Crippen LogP contribution < -0.4 is 5.43 Å². The number of hydrogen-bond donors (Lipinski definition) is 1. The van der Waals surface area contributed by atoms with Crippen molar-refractivity contribution < 1.29 is 27.7 Å². The zero-order valence-corrected chi connectivity index (χ0v) is 15.7. The summed E-state index contributed by atoms with van der Waals surface area (Å²) < 4.78 is 38.0. The predicted octanol–water partition coefficient (Wildman–Crippen LogP) is 3.71. The van der Waals surface area contributed by atoms with Crippen molar-refractivity contribution in [3.63, 3.8) is 0 Å². The number of halogens is 3. The molecule has 1 atom stereocenters. The van der Waals surface area contributed by atoms with E-state index >= 15 is 0 Å². The average molecular weight is 425 g/mol. The Balaban J connectivity index is 1.83. The Morgan fingerprint density at radius 3 is 2.28 bits per heavy atom. The number of nitro benzene ring substituents is 1. The molecule has 0 aliphatic carbocycles. The van der Waals surface area contributed by atoms with Gasteiger partial charge in [-0.2, -0.15) is 13.2 Å². The third-order valence-corrected chi connectivity index (χ3v) is 5.83. The summed E-state index contributed by atoms with van der Waals surface area (Å²) in [5.74, 6) is -1.10. The number of alkyl halides is 3. The van der Waals surface area contributed by atoms with E-state index in [0.29, 0.717) is 5.56 Å². The van der Waals surface area contributed by atoms with E-state index in [4.69, 9.17) is 0 Å². The fraction of sp³-hybridized carbons (Fsp3) is 0.222. The summed E-state index contributed by atoms with van der Waals surface area (Å²) in [6.45, 7) is 1.66. The molecule has 1 aliphatic heterocycles. The summed E-state index contributed by atoms with van der Waals surface area (Å²) in [5, 5.41) is 11.9. The Morgan fingerprint density at radius 1 is 1.17 bits per heavy atom. The van der Waals surface area contributed by atoms with E-state index in [1.165, 1.54) is 36.0 Å². The molecule has 1 N–H and O–H groups in total. The van der Waals surface area contributed by atoms with Crippen LogP contribution in [0.4, 0.5) is 18.9 Å². The maximum atomic E-state index is 12.7. The third-order valence-electron chi connectivity index (χ3n) is 4.45. The quantitative estimate of drug-likeness (QED) is 0.596. The largest absolute Gasteiger partial charge is 0.416 e. The summed E-state index contributed by atoms with van der Waals surface area (Å²) in [6.07, 6.45) is -4.52. The highest BCUT2D eigenvalue weighted by molar-refractivity contribution is 8.01. The number of rotatable bonds is 4. The molecule has 0 bridgehead atoms. The number of benzene rings is 2. The average Bonchev–Trinajstić information content (AvgIpc) is 2.97. The number of nitrogens with zero attached hydrogens (tertiary/aromatic N) is 2. The highest BCUT2D eigenvalue weighted by Crippen LogP contribution is 2.44. The van der Waals surface area contributed by atoms with Gasteiger partial charge in [-0.1, -0.05) is 0 Å². The minimum atomic E-state index is -4.52. The van der Waals surface area contributed by atoms with Crippen molar-refractivity contribution in [2.75, 3.05) is 5.75 Å². The van der Waals surface area contributed by atoms with Gasteiger partial charge in [0.15, 0.2) is 0 Å². The molecule has 7 nitrogen and oxygen atoms in total. The van der Waals surface area contributed by atoms with Gasteiger partial charge in [0.1, 0.15) is 4.87 Å². The molecule has 3 rings (SSSR count). The van der Waals surface area contributed by atoms with Crippen LogP contribution in [-0.2, 0) is 15.8 Å². The van der Waals surface area contributed by atoms with Gasteiger partial charge < -0.3 is 0 Å². The SMILES string of the molecule is CC1(c2ccc([N+](=O)[O-])cc2)SCC(=O)N1NC(=O)c1ccc(C(F)(F)F)cc1. The Bertz CT molecular complexity index is 964. The summed E-state index contributed by atoms with van der Waals surface area (Å²) in [6, 6.07) is 9.17. The topological polar surface area (TPSA) is 92.6 Å². The molecular weight excluding hydrogens is 411 g/mol. The number of nitrogens with one attached hydrogen (secondary N) is 1. The maximum Gasteiger partial charge on any atom is 0.416 e. The summed E-state index contributed by atoms with van der Waals surface area (Å²) >= 11 is 1.21. The van der Waals surface area contributed by atoms with Crippen LogP contribution in [0.3, 0.4) is 0 Å². The predicted molar refractivity (Wildman–Crippen MR) is 98.7 cm³/mol. The van der Waals surface area contributed by atoms with E-state index in [2.05, 4.69) is 5.43 Å². The zero-order valence-electron chi connectivity index (χ0n) is 14.9. The van der Waals surface area contributed by atoms with Crippen molar-refractivity contribution in [3.05, 3.63) is 75.3 Å². The molecule has 0 radical (unpaired) electrons. The smallest absolute Gasteiger partial charge is 0.272 e. The van der Waals surface area contributed by atoms with Crippen molar-refractivity contribution in [1.29, 1.82) is 0 Å². The van der Waals surface area contributed by atoms with Gasteiger partial charge in [-0.15, -0.1) is 11.8 Å². The minimum absolute atomic E-state index is 0.0475. The maximum absolute atomic E-state index is 12.7. The third kappa shape index (κ3) is 4.04. The lowest BCUT2D eigenvalue weighted by Crippen LogP contribution is -2.51. The van der Waals surface area contributed by atoms with Crippen molar-refractivity contribution in [2.45, 2.75) is 18.0 Å². The van der Waals surface area contributed by atoms with Crippen LogP contribution in [0, 0.1) is 10.1 Å². The van der Waals surface area contributed by atoms with Crippen molar-refractivity contribution in [3.8, 4) is 0 Å². The van der Waals surface area contributed by atoms with Crippen LogP contribution in [-0.4, -0.2) is 27.5 Å². The molecule has 1 aliphatic rings. The van der Waals surface area contributed by atoms with E-state index in [9.17, 15) is 32.9 Å². The van der Waals surface area contributed by atoms with Gasteiger partial charge in [-0.3, -0.25) is 25.1 Å². The zero-order chi connectivity index (χ0) is 21.4. The van der Waals surface area contributed by atoms with Crippen LogP contribution in [0.1, 0.15) is 28.4 Å². The lowest BCUT2D eigenvalue weighted by molar-refractivity contribution is -0.384. The Morgan fingerprint density at radius 2 is 1.76 bits per heavy atom. The summed E-state index contributed by atoms with van der Waals surface area (Å²) in [4.78, 5) is 34.0. The minimum Gasteiger partial charge on any atom is -0.272 e. The molecular formula is C18H14F3N3O4S. The van der Waals surface area contributed by atoms with Gasteiger partial charge in [0.25, 0.3) is 17.5 Å². The van der Waals surface area contributed by atoms with Crippen LogP contribution in [0.25, 0.3) is 0 Å². The van der Waals surface area contributed by atoms with Gasteiger partial charge >= 0.3 is 6.18 Å².